The zero-order valence-electron chi connectivity index (χ0n) is 14.4. The van der Waals surface area contributed by atoms with Gasteiger partial charge in [-0.3, -0.25) is 0 Å². The van der Waals surface area contributed by atoms with E-state index in [2.05, 4.69) is 15.3 Å². The highest BCUT2D eigenvalue weighted by atomic mass is 32.2. The van der Waals surface area contributed by atoms with E-state index in [4.69, 9.17) is 9.47 Å². The third-order valence-electron chi connectivity index (χ3n) is 3.50. The van der Waals surface area contributed by atoms with Crippen molar-refractivity contribution in [2.75, 3.05) is 13.4 Å². The Morgan fingerprint density at radius 1 is 1.19 bits per heavy atom. The summed E-state index contributed by atoms with van der Waals surface area (Å²) >= 11 is 1.44. The van der Waals surface area contributed by atoms with E-state index in [-0.39, 0.29) is 12.4 Å². The SMILES string of the molecule is COc1cc(/C=N\n2c(COc3ccccc3)nnc2SC)ccc1O. The Hall–Kier alpha value is -3.00. The van der Waals surface area contributed by atoms with E-state index >= 15 is 0 Å². The fourth-order valence-corrected chi connectivity index (χ4v) is 2.64. The molecule has 3 rings (SSSR count). The molecule has 1 N–H and O–H groups in total. The van der Waals surface area contributed by atoms with Crippen LogP contribution in [0.3, 0.4) is 0 Å². The number of thioether (sulfide) groups is 1. The lowest BCUT2D eigenvalue weighted by Gasteiger charge is -2.06. The maximum atomic E-state index is 9.68. The van der Waals surface area contributed by atoms with Crippen molar-refractivity contribution < 1.29 is 14.6 Å². The van der Waals surface area contributed by atoms with Crippen molar-refractivity contribution in [1.82, 2.24) is 14.9 Å². The molecule has 3 aromatic rings. The number of methoxy groups -OCH3 is 1. The molecular formula is C18H18N4O3S. The first kappa shape index (κ1) is 17.8. The molecule has 1 aromatic heterocycles. The van der Waals surface area contributed by atoms with Crippen LogP contribution < -0.4 is 9.47 Å². The summed E-state index contributed by atoms with van der Waals surface area (Å²) in [4.78, 5) is 0. The molecule has 134 valence electrons. The first-order valence-corrected chi connectivity index (χ1v) is 9.01. The number of ether oxygens (including phenoxy) is 2. The summed E-state index contributed by atoms with van der Waals surface area (Å²) < 4.78 is 12.5. The van der Waals surface area contributed by atoms with Gasteiger partial charge in [0.15, 0.2) is 17.3 Å². The summed E-state index contributed by atoms with van der Waals surface area (Å²) in [6.45, 7) is 0.244. The third-order valence-corrected chi connectivity index (χ3v) is 4.12. The lowest BCUT2D eigenvalue weighted by atomic mass is 10.2. The second kappa shape index (κ2) is 8.39. The monoisotopic (exact) mass is 370 g/mol. The van der Waals surface area contributed by atoms with Crippen LogP contribution in [0, 0.1) is 0 Å². The van der Waals surface area contributed by atoms with Crippen LogP contribution in [0.25, 0.3) is 0 Å². The number of aromatic nitrogens is 3. The first-order chi connectivity index (χ1) is 12.7. The van der Waals surface area contributed by atoms with E-state index in [9.17, 15) is 5.11 Å². The Balaban J connectivity index is 1.81. The molecule has 0 aliphatic carbocycles. The largest absolute Gasteiger partial charge is 0.504 e. The standard InChI is InChI=1S/C18H18N4O3S/c1-24-16-10-13(8-9-15(16)23)11-19-22-17(20-21-18(22)26-2)12-25-14-6-4-3-5-7-14/h3-11,23H,12H2,1-2H3/b19-11-. The van der Waals surface area contributed by atoms with Gasteiger partial charge in [0.25, 0.3) is 0 Å². The van der Waals surface area contributed by atoms with Gasteiger partial charge in [-0.25, -0.2) is 0 Å². The molecule has 0 aliphatic rings. The molecule has 26 heavy (non-hydrogen) atoms. The molecule has 0 radical (unpaired) electrons. The average Bonchev–Trinajstić information content (AvgIpc) is 3.08. The van der Waals surface area contributed by atoms with Gasteiger partial charge in [0.1, 0.15) is 12.4 Å². The van der Waals surface area contributed by atoms with Gasteiger partial charge < -0.3 is 14.6 Å². The molecule has 0 saturated carbocycles. The van der Waals surface area contributed by atoms with Crippen molar-refractivity contribution in [1.29, 1.82) is 0 Å². The fourth-order valence-electron chi connectivity index (χ4n) is 2.19. The molecule has 0 saturated heterocycles. The highest BCUT2D eigenvalue weighted by Gasteiger charge is 2.11. The highest BCUT2D eigenvalue weighted by molar-refractivity contribution is 7.98. The molecule has 0 fully saturated rings. The van der Waals surface area contributed by atoms with Crippen molar-refractivity contribution in [3.05, 3.63) is 59.9 Å². The molecule has 0 bridgehead atoms. The summed E-state index contributed by atoms with van der Waals surface area (Å²) in [6, 6.07) is 14.5. The number of phenolic OH excluding ortho intramolecular Hbond substituents is 1. The van der Waals surface area contributed by atoms with Crippen molar-refractivity contribution in [3.63, 3.8) is 0 Å². The Kier molecular flexibility index (Phi) is 5.75. The number of hydrogen-bond acceptors (Lipinski definition) is 7. The van der Waals surface area contributed by atoms with E-state index < -0.39 is 0 Å². The molecular weight excluding hydrogens is 352 g/mol. The number of para-hydroxylation sites is 1. The highest BCUT2D eigenvalue weighted by Crippen LogP contribution is 2.25. The Labute approximate surface area is 155 Å². The summed E-state index contributed by atoms with van der Waals surface area (Å²) in [7, 11) is 1.50. The normalized spacial score (nSPS) is 11.0. The van der Waals surface area contributed by atoms with E-state index in [1.807, 2.05) is 36.6 Å². The number of hydrogen-bond donors (Lipinski definition) is 1. The van der Waals surface area contributed by atoms with Crippen LogP contribution in [0.1, 0.15) is 11.4 Å². The lowest BCUT2D eigenvalue weighted by molar-refractivity contribution is 0.290. The van der Waals surface area contributed by atoms with Crippen molar-refractivity contribution in [2.45, 2.75) is 11.8 Å². The maximum Gasteiger partial charge on any atom is 0.211 e. The minimum atomic E-state index is 0.0794. The van der Waals surface area contributed by atoms with Gasteiger partial charge >= 0.3 is 0 Å². The second-order valence-electron chi connectivity index (χ2n) is 5.19. The number of phenols is 1. The number of rotatable bonds is 7. The predicted molar refractivity (Wildman–Crippen MR) is 100 cm³/mol. The molecule has 7 nitrogen and oxygen atoms in total. The summed E-state index contributed by atoms with van der Waals surface area (Å²) in [5, 5.41) is 23.1. The number of nitrogens with zero attached hydrogens (tertiary/aromatic N) is 4. The van der Waals surface area contributed by atoms with Crippen molar-refractivity contribution in [3.8, 4) is 17.2 Å². The van der Waals surface area contributed by atoms with Gasteiger partial charge in [0.2, 0.25) is 5.16 Å². The fraction of sp³-hybridized carbons (Fsp3) is 0.167. The Bertz CT molecular complexity index is 897. The zero-order valence-corrected chi connectivity index (χ0v) is 15.2. The molecule has 0 atom stereocenters. The molecule has 2 aromatic carbocycles. The smallest absolute Gasteiger partial charge is 0.211 e. The number of benzene rings is 2. The van der Waals surface area contributed by atoms with E-state index in [1.54, 1.807) is 29.1 Å². The summed E-state index contributed by atoms with van der Waals surface area (Å²) in [6.07, 6.45) is 3.55. The van der Waals surface area contributed by atoms with Gasteiger partial charge in [-0.2, -0.15) is 9.78 Å². The van der Waals surface area contributed by atoms with Crippen LogP contribution in [0.2, 0.25) is 0 Å². The van der Waals surface area contributed by atoms with E-state index in [0.717, 1.165) is 11.3 Å². The average molecular weight is 370 g/mol. The van der Waals surface area contributed by atoms with Gasteiger partial charge in [-0.05, 0) is 42.2 Å². The second-order valence-corrected chi connectivity index (χ2v) is 5.97. The summed E-state index contributed by atoms with van der Waals surface area (Å²) in [5.74, 6) is 1.80. The Morgan fingerprint density at radius 3 is 2.73 bits per heavy atom. The van der Waals surface area contributed by atoms with Gasteiger partial charge in [-0.1, -0.05) is 30.0 Å². The van der Waals surface area contributed by atoms with Crippen LogP contribution in [0.15, 0.2) is 58.8 Å². The molecule has 0 unspecified atom stereocenters. The van der Waals surface area contributed by atoms with Crippen LogP contribution >= 0.6 is 11.8 Å². The molecule has 0 amide bonds. The van der Waals surface area contributed by atoms with Crippen LogP contribution in [0.5, 0.6) is 17.2 Å². The van der Waals surface area contributed by atoms with Gasteiger partial charge in [-0.15, -0.1) is 10.2 Å². The van der Waals surface area contributed by atoms with E-state index in [1.165, 1.54) is 18.9 Å². The van der Waals surface area contributed by atoms with Gasteiger partial charge in [0, 0.05) is 0 Å². The topological polar surface area (TPSA) is 81.8 Å². The summed E-state index contributed by atoms with van der Waals surface area (Å²) in [5.41, 5.74) is 0.773. The van der Waals surface area contributed by atoms with Gasteiger partial charge in [0.05, 0.1) is 13.3 Å². The van der Waals surface area contributed by atoms with Crippen LogP contribution in [0.4, 0.5) is 0 Å². The quantitative estimate of drug-likeness (QED) is 0.508. The first-order valence-electron chi connectivity index (χ1n) is 7.78. The zero-order chi connectivity index (χ0) is 18.4. The number of aromatic hydroxyl groups is 1. The lowest BCUT2D eigenvalue weighted by Crippen LogP contribution is -2.04. The molecule has 8 heteroatoms. The third kappa shape index (κ3) is 4.15. The minimum absolute atomic E-state index is 0.0794. The van der Waals surface area contributed by atoms with Crippen molar-refractivity contribution in [2.24, 2.45) is 5.10 Å². The van der Waals surface area contributed by atoms with Crippen LogP contribution in [-0.4, -0.2) is 39.6 Å². The molecule has 0 spiro atoms. The van der Waals surface area contributed by atoms with Crippen LogP contribution in [-0.2, 0) is 6.61 Å². The van der Waals surface area contributed by atoms with E-state index in [0.29, 0.717) is 16.7 Å². The van der Waals surface area contributed by atoms with Crippen molar-refractivity contribution >= 4 is 18.0 Å². The molecule has 1 heterocycles. The minimum Gasteiger partial charge on any atom is -0.504 e. The Morgan fingerprint density at radius 2 is 2.00 bits per heavy atom. The maximum absolute atomic E-state index is 9.68. The predicted octanol–water partition coefficient (Wildman–Crippen LogP) is 3.18. The molecule has 0 aliphatic heterocycles.